The maximum absolute atomic E-state index is 11.9. The summed E-state index contributed by atoms with van der Waals surface area (Å²) in [4.78, 5) is 36.0. The fraction of sp³-hybridized carbons (Fsp3) is 0.357. The maximum Gasteiger partial charge on any atom is 0.229 e. The molecule has 1 aromatic carbocycles. The average molecular weight is 355 g/mol. The SMILES string of the molecule is COc1ccc(Br)cc1NC(=O)CCN1C(=O)CCC1=O. The number of ether oxygens (including phenoxy) is 1. The van der Waals surface area contributed by atoms with Crippen LogP contribution < -0.4 is 10.1 Å². The molecule has 0 atom stereocenters. The number of likely N-dealkylation sites (tertiary alicyclic amines) is 1. The van der Waals surface area contributed by atoms with Crippen LogP contribution in [0.3, 0.4) is 0 Å². The molecule has 0 unspecified atom stereocenters. The Morgan fingerprint density at radius 3 is 2.62 bits per heavy atom. The van der Waals surface area contributed by atoms with Gasteiger partial charge in [0.05, 0.1) is 12.8 Å². The van der Waals surface area contributed by atoms with Gasteiger partial charge in [-0.15, -0.1) is 0 Å². The van der Waals surface area contributed by atoms with E-state index in [9.17, 15) is 14.4 Å². The van der Waals surface area contributed by atoms with Crippen LogP contribution in [0.25, 0.3) is 0 Å². The lowest BCUT2D eigenvalue weighted by Crippen LogP contribution is -2.32. The molecule has 1 N–H and O–H groups in total. The van der Waals surface area contributed by atoms with Crippen molar-refractivity contribution in [1.29, 1.82) is 0 Å². The molecule has 1 aliphatic heterocycles. The number of imide groups is 1. The largest absolute Gasteiger partial charge is 0.495 e. The number of amides is 3. The van der Waals surface area contributed by atoms with Crippen molar-refractivity contribution in [1.82, 2.24) is 4.90 Å². The molecule has 6 nitrogen and oxygen atoms in total. The predicted molar refractivity (Wildman–Crippen MR) is 79.9 cm³/mol. The molecule has 7 heteroatoms. The van der Waals surface area contributed by atoms with E-state index >= 15 is 0 Å². The zero-order valence-corrected chi connectivity index (χ0v) is 13.1. The topological polar surface area (TPSA) is 75.7 Å². The number of benzene rings is 1. The van der Waals surface area contributed by atoms with Crippen LogP contribution in [0.15, 0.2) is 22.7 Å². The molecule has 1 heterocycles. The molecular formula is C14H15BrN2O4. The van der Waals surface area contributed by atoms with E-state index in [0.29, 0.717) is 11.4 Å². The minimum atomic E-state index is -0.279. The highest BCUT2D eigenvalue weighted by Gasteiger charge is 2.28. The van der Waals surface area contributed by atoms with Gasteiger partial charge in [0.25, 0.3) is 0 Å². The molecule has 0 bridgehead atoms. The average Bonchev–Trinajstić information content (AvgIpc) is 2.76. The van der Waals surface area contributed by atoms with E-state index in [4.69, 9.17) is 4.74 Å². The molecule has 0 saturated carbocycles. The van der Waals surface area contributed by atoms with Gasteiger partial charge in [-0.3, -0.25) is 19.3 Å². The molecule has 2 rings (SSSR count). The lowest BCUT2D eigenvalue weighted by atomic mass is 10.2. The zero-order chi connectivity index (χ0) is 15.4. The number of halogens is 1. The molecule has 1 saturated heterocycles. The molecule has 1 fully saturated rings. The van der Waals surface area contributed by atoms with Crippen molar-refractivity contribution in [2.75, 3.05) is 19.0 Å². The van der Waals surface area contributed by atoms with E-state index in [1.807, 2.05) is 0 Å². The molecule has 0 aromatic heterocycles. The zero-order valence-electron chi connectivity index (χ0n) is 11.5. The molecule has 0 spiro atoms. The van der Waals surface area contributed by atoms with Gasteiger partial charge in [-0.25, -0.2) is 0 Å². The number of nitrogens with zero attached hydrogens (tertiary/aromatic N) is 1. The first-order chi connectivity index (χ1) is 10.0. The summed E-state index contributed by atoms with van der Waals surface area (Å²) < 4.78 is 5.97. The van der Waals surface area contributed by atoms with E-state index in [0.717, 1.165) is 9.37 Å². The number of carbonyl (C=O) groups is 3. The van der Waals surface area contributed by atoms with Gasteiger partial charge in [-0.2, -0.15) is 0 Å². The highest BCUT2D eigenvalue weighted by Crippen LogP contribution is 2.28. The van der Waals surface area contributed by atoms with E-state index in [1.165, 1.54) is 7.11 Å². The Morgan fingerprint density at radius 1 is 1.33 bits per heavy atom. The summed E-state index contributed by atoms with van der Waals surface area (Å²) in [5, 5.41) is 2.71. The highest BCUT2D eigenvalue weighted by molar-refractivity contribution is 9.10. The quantitative estimate of drug-likeness (QED) is 0.819. The first-order valence-electron chi connectivity index (χ1n) is 6.48. The summed E-state index contributed by atoms with van der Waals surface area (Å²) in [6.45, 7) is 0.111. The third-order valence-corrected chi connectivity index (χ3v) is 3.65. The van der Waals surface area contributed by atoms with Gasteiger partial charge < -0.3 is 10.1 Å². The number of hydrogen-bond acceptors (Lipinski definition) is 4. The molecule has 112 valence electrons. The van der Waals surface area contributed by atoms with Crippen LogP contribution in [0.4, 0.5) is 5.69 Å². The highest BCUT2D eigenvalue weighted by atomic mass is 79.9. The standard InChI is InChI=1S/C14H15BrN2O4/c1-21-11-3-2-9(15)8-10(11)16-12(18)6-7-17-13(19)4-5-14(17)20/h2-3,8H,4-7H2,1H3,(H,16,18). The second-order valence-electron chi connectivity index (χ2n) is 4.58. The predicted octanol–water partition coefficient (Wildman–Crippen LogP) is 1.94. The summed E-state index contributed by atoms with van der Waals surface area (Å²) in [6, 6.07) is 5.26. The Labute approximate surface area is 130 Å². The second kappa shape index (κ2) is 6.71. The van der Waals surface area contributed by atoms with Crippen molar-refractivity contribution in [3.05, 3.63) is 22.7 Å². The third-order valence-electron chi connectivity index (χ3n) is 3.15. The van der Waals surface area contributed by atoms with Gasteiger partial charge in [-0.05, 0) is 18.2 Å². The van der Waals surface area contributed by atoms with Crippen LogP contribution in [-0.2, 0) is 14.4 Å². The number of rotatable bonds is 5. The number of anilines is 1. The lowest BCUT2D eigenvalue weighted by Gasteiger charge is -2.14. The molecule has 0 aliphatic carbocycles. The van der Waals surface area contributed by atoms with Gasteiger partial charge in [-0.1, -0.05) is 15.9 Å². The summed E-state index contributed by atoms with van der Waals surface area (Å²) >= 11 is 3.32. The van der Waals surface area contributed by atoms with E-state index < -0.39 is 0 Å². The fourth-order valence-electron chi connectivity index (χ4n) is 2.08. The number of carbonyl (C=O) groups excluding carboxylic acids is 3. The molecule has 1 aromatic rings. The summed E-state index contributed by atoms with van der Waals surface area (Å²) in [5.74, 6) is -0.167. The van der Waals surface area contributed by atoms with Crippen molar-refractivity contribution in [3.8, 4) is 5.75 Å². The molecular weight excluding hydrogens is 340 g/mol. The van der Waals surface area contributed by atoms with Crippen LogP contribution in [0.5, 0.6) is 5.75 Å². The van der Waals surface area contributed by atoms with E-state index in [-0.39, 0.29) is 43.5 Å². The van der Waals surface area contributed by atoms with Gasteiger partial charge >= 0.3 is 0 Å². The van der Waals surface area contributed by atoms with Crippen molar-refractivity contribution in [2.45, 2.75) is 19.3 Å². The van der Waals surface area contributed by atoms with Crippen molar-refractivity contribution < 1.29 is 19.1 Å². The van der Waals surface area contributed by atoms with Crippen LogP contribution in [0.2, 0.25) is 0 Å². The molecule has 1 aliphatic rings. The van der Waals surface area contributed by atoms with Crippen molar-refractivity contribution >= 4 is 39.3 Å². The summed E-state index contributed by atoms with van der Waals surface area (Å²) in [6.07, 6.45) is 0.535. The summed E-state index contributed by atoms with van der Waals surface area (Å²) in [5.41, 5.74) is 0.538. The third kappa shape index (κ3) is 3.81. The number of nitrogens with one attached hydrogen (secondary N) is 1. The van der Waals surface area contributed by atoms with Gasteiger partial charge in [0.1, 0.15) is 5.75 Å². The van der Waals surface area contributed by atoms with E-state index in [1.54, 1.807) is 18.2 Å². The van der Waals surface area contributed by atoms with Gasteiger partial charge in [0.2, 0.25) is 17.7 Å². The van der Waals surface area contributed by atoms with Crippen LogP contribution in [0, 0.1) is 0 Å². The first-order valence-corrected chi connectivity index (χ1v) is 7.27. The smallest absolute Gasteiger partial charge is 0.229 e. The molecule has 3 amide bonds. The minimum Gasteiger partial charge on any atom is -0.495 e. The monoisotopic (exact) mass is 354 g/mol. The second-order valence-corrected chi connectivity index (χ2v) is 5.50. The number of methoxy groups -OCH3 is 1. The Morgan fingerprint density at radius 2 is 2.00 bits per heavy atom. The Balaban J connectivity index is 1.94. The lowest BCUT2D eigenvalue weighted by molar-refractivity contribution is -0.138. The van der Waals surface area contributed by atoms with Gasteiger partial charge in [0, 0.05) is 30.3 Å². The van der Waals surface area contributed by atoms with Gasteiger partial charge in [0.15, 0.2) is 0 Å². The molecule has 0 radical (unpaired) electrons. The molecule has 21 heavy (non-hydrogen) atoms. The van der Waals surface area contributed by atoms with Crippen LogP contribution in [-0.4, -0.2) is 36.3 Å². The van der Waals surface area contributed by atoms with Crippen molar-refractivity contribution in [2.24, 2.45) is 0 Å². The normalized spacial score (nSPS) is 14.5. The van der Waals surface area contributed by atoms with Crippen molar-refractivity contribution in [3.63, 3.8) is 0 Å². The Kier molecular flexibility index (Phi) is 4.95. The number of hydrogen-bond donors (Lipinski definition) is 1. The fourth-order valence-corrected chi connectivity index (χ4v) is 2.44. The van der Waals surface area contributed by atoms with Crippen LogP contribution in [0.1, 0.15) is 19.3 Å². The Bertz CT molecular complexity index is 572. The minimum absolute atomic E-state index is 0.0626. The Hall–Kier alpha value is -1.89. The van der Waals surface area contributed by atoms with Crippen LogP contribution >= 0.6 is 15.9 Å². The maximum atomic E-state index is 11.9. The summed E-state index contributed by atoms with van der Waals surface area (Å²) in [7, 11) is 1.51. The van der Waals surface area contributed by atoms with E-state index in [2.05, 4.69) is 21.2 Å². The first kappa shape index (κ1) is 15.5.